The smallest absolute Gasteiger partial charge is 0.263 e. The number of rotatable bonds is 5. The highest BCUT2D eigenvalue weighted by atomic mass is 35.5. The Balaban J connectivity index is 1.86. The lowest BCUT2D eigenvalue weighted by atomic mass is 9.89. The molecule has 1 aliphatic rings. The zero-order valence-electron chi connectivity index (χ0n) is 11.8. The first-order valence-electron chi connectivity index (χ1n) is 6.87. The molecular formula is C15H20ClNO3. The Labute approximate surface area is 124 Å². The first-order chi connectivity index (χ1) is 9.43. The number of ether oxygens (including phenoxy) is 1. The minimum atomic E-state index is -0.704. The fraction of sp³-hybridized carbons (Fsp3) is 0.533. The van der Waals surface area contributed by atoms with Gasteiger partial charge < -0.3 is 14.7 Å². The number of amides is 1. The lowest BCUT2D eigenvalue weighted by Gasteiger charge is -2.47. The number of carbonyl (C=O) groups is 1. The number of β-amino-alcohol motifs (C(OH)–C–C–N with tert-alkyl or cyclic N) is 1. The van der Waals surface area contributed by atoms with Gasteiger partial charge in [-0.05, 0) is 37.6 Å². The summed E-state index contributed by atoms with van der Waals surface area (Å²) in [7, 11) is 0. The van der Waals surface area contributed by atoms with Crippen molar-refractivity contribution < 1.29 is 14.6 Å². The van der Waals surface area contributed by atoms with Crippen molar-refractivity contribution in [2.24, 2.45) is 0 Å². The molecule has 1 amide bonds. The van der Waals surface area contributed by atoms with Gasteiger partial charge in [0.05, 0.1) is 18.7 Å². The van der Waals surface area contributed by atoms with Crippen LogP contribution < -0.4 is 4.74 Å². The second kappa shape index (κ2) is 6.02. The fourth-order valence-corrected chi connectivity index (χ4v) is 2.59. The van der Waals surface area contributed by atoms with Crippen LogP contribution in [0.4, 0.5) is 0 Å². The Morgan fingerprint density at radius 3 is 2.60 bits per heavy atom. The van der Waals surface area contributed by atoms with Gasteiger partial charge >= 0.3 is 0 Å². The minimum absolute atomic E-state index is 0.0965. The summed E-state index contributed by atoms with van der Waals surface area (Å²) in [5, 5.41) is 10.7. The van der Waals surface area contributed by atoms with Crippen LogP contribution in [0.25, 0.3) is 0 Å². The number of carbonyl (C=O) groups excluding carboxylic acids is 1. The molecule has 0 saturated carbocycles. The van der Waals surface area contributed by atoms with Gasteiger partial charge in [0.1, 0.15) is 5.75 Å². The number of hydrogen-bond donors (Lipinski definition) is 1. The van der Waals surface area contributed by atoms with Crippen molar-refractivity contribution in [3.63, 3.8) is 0 Å². The van der Waals surface area contributed by atoms with Gasteiger partial charge in [0, 0.05) is 5.02 Å². The highest BCUT2D eigenvalue weighted by molar-refractivity contribution is 6.30. The van der Waals surface area contributed by atoms with Gasteiger partial charge in [-0.3, -0.25) is 4.79 Å². The summed E-state index contributed by atoms with van der Waals surface area (Å²) in [6, 6.07) is 6.90. The number of likely N-dealkylation sites (tertiary alicyclic amines) is 1. The first-order valence-corrected chi connectivity index (χ1v) is 7.25. The third-order valence-electron chi connectivity index (χ3n) is 3.47. The highest BCUT2D eigenvalue weighted by Crippen LogP contribution is 2.27. The number of aliphatic hydroxyl groups is 1. The molecule has 1 saturated heterocycles. The van der Waals surface area contributed by atoms with E-state index in [9.17, 15) is 9.90 Å². The summed E-state index contributed by atoms with van der Waals surface area (Å²) in [5.74, 6) is 0.514. The Kier molecular flexibility index (Phi) is 4.55. The molecule has 0 aliphatic carbocycles. The van der Waals surface area contributed by atoms with Crippen molar-refractivity contribution in [1.29, 1.82) is 0 Å². The maximum atomic E-state index is 12.2. The van der Waals surface area contributed by atoms with E-state index in [1.165, 1.54) is 0 Å². The van der Waals surface area contributed by atoms with Crippen LogP contribution in [0.15, 0.2) is 24.3 Å². The third-order valence-corrected chi connectivity index (χ3v) is 3.72. The van der Waals surface area contributed by atoms with Crippen molar-refractivity contribution in [3.05, 3.63) is 29.3 Å². The van der Waals surface area contributed by atoms with E-state index in [0.717, 1.165) is 12.8 Å². The molecule has 1 aromatic carbocycles. The highest BCUT2D eigenvalue weighted by Gasteiger charge is 2.44. The van der Waals surface area contributed by atoms with Crippen LogP contribution in [0.2, 0.25) is 5.02 Å². The normalized spacial score (nSPS) is 18.3. The van der Waals surface area contributed by atoms with E-state index in [1.807, 2.05) is 6.92 Å². The Bertz CT molecular complexity index is 469. The van der Waals surface area contributed by atoms with Crippen LogP contribution in [0.5, 0.6) is 5.75 Å². The third kappa shape index (κ3) is 3.44. The lowest BCUT2D eigenvalue weighted by molar-refractivity contribution is -0.162. The second-order valence-electron chi connectivity index (χ2n) is 5.38. The summed E-state index contributed by atoms with van der Waals surface area (Å²) < 4.78 is 5.58. The molecular weight excluding hydrogens is 278 g/mol. The maximum absolute atomic E-state index is 12.2. The lowest BCUT2D eigenvalue weighted by Crippen LogP contribution is -2.65. The predicted octanol–water partition coefficient (Wildman–Crippen LogP) is 2.48. The molecule has 1 aliphatic heterocycles. The molecule has 110 valence electrons. The van der Waals surface area contributed by atoms with E-state index in [2.05, 4.69) is 0 Å². The number of hydrogen-bond acceptors (Lipinski definition) is 3. The molecule has 1 unspecified atom stereocenters. The Morgan fingerprint density at radius 1 is 1.45 bits per heavy atom. The predicted molar refractivity (Wildman–Crippen MR) is 78.0 cm³/mol. The van der Waals surface area contributed by atoms with Gasteiger partial charge in [-0.15, -0.1) is 0 Å². The van der Waals surface area contributed by atoms with E-state index in [4.69, 9.17) is 16.3 Å². The first kappa shape index (κ1) is 15.1. The van der Waals surface area contributed by atoms with Gasteiger partial charge in [0.25, 0.3) is 5.91 Å². The molecule has 0 aromatic heterocycles. The molecule has 5 heteroatoms. The maximum Gasteiger partial charge on any atom is 0.263 e. The van der Waals surface area contributed by atoms with Gasteiger partial charge in [-0.2, -0.15) is 0 Å². The minimum Gasteiger partial charge on any atom is -0.481 e. The van der Waals surface area contributed by atoms with Gasteiger partial charge in [-0.25, -0.2) is 0 Å². The molecule has 1 atom stereocenters. The summed E-state index contributed by atoms with van der Waals surface area (Å²) >= 11 is 5.80. The van der Waals surface area contributed by atoms with E-state index in [1.54, 1.807) is 36.1 Å². The van der Waals surface area contributed by atoms with E-state index in [-0.39, 0.29) is 5.91 Å². The van der Waals surface area contributed by atoms with Gasteiger partial charge in [0.15, 0.2) is 6.10 Å². The SMILES string of the molecule is CCCC1(O)CN(C(=O)C(C)Oc2ccc(Cl)cc2)C1. The zero-order chi connectivity index (χ0) is 14.8. The molecule has 0 radical (unpaired) electrons. The average Bonchev–Trinajstić information content (AvgIpc) is 2.38. The number of halogens is 1. The second-order valence-corrected chi connectivity index (χ2v) is 5.82. The van der Waals surface area contributed by atoms with E-state index >= 15 is 0 Å². The Morgan fingerprint density at radius 2 is 2.05 bits per heavy atom. The topological polar surface area (TPSA) is 49.8 Å². The summed E-state index contributed by atoms with van der Waals surface area (Å²) in [5.41, 5.74) is -0.704. The average molecular weight is 298 g/mol. The van der Waals surface area contributed by atoms with Crippen LogP contribution in [0.1, 0.15) is 26.7 Å². The van der Waals surface area contributed by atoms with Crippen LogP contribution >= 0.6 is 11.6 Å². The molecule has 2 rings (SSSR count). The molecule has 0 bridgehead atoms. The number of nitrogens with zero attached hydrogens (tertiary/aromatic N) is 1. The molecule has 1 aromatic rings. The Hall–Kier alpha value is -1.26. The molecule has 1 fully saturated rings. The molecule has 20 heavy (non-hydrogen) atoms. The van der Waals surface area contributed by atoms with Gasteiger partial charge in [-0.1, -0.05) is 24.9 Å². The van der Waals surface area contributed by atoms with Crippen molar-refractivity contribution in [1.82, 2.24) is 4.90 Å². The van der Waals surface area contributed by atoms with Crippen molar-refractivity contribution in [3.8, 4) is 5.75 Å². The molecule has 0 spiro atoms. The molecule has 1 heterocycles. The van der Waals surface area contributed by atoms with Crippen LogP contribution in [0, 0.1) is 0 Å². The molecule has 1 N–H and O–H groups in total. The van der Waals surface area contributed by atoms with Crippen molar-refractivity contribution >= 4 is 17.5 Å². The molecule has 4 nitrogen and oxygen atoms in total. The van der Waals surface area contributed by atoms with Crippen LogP contribution in [-0.4, -0.2) is 40.7 Å². The zero-order valence-corrected chi connectivity index (χ0v) is 12.6. The van der Waals surface area contributed by atoms with Crippen molar-refractivity contribution in [2.45, 2.75) is 38.4 Å². The quantitative estimate of drug-likeness (QED) is 0.908. The van der Waals surface area contributed by atoms with E-state index in [0.29, 0.717) is 23.9 Å². The standard InChI is InChI=1S/C15H20ClNO3/c1-3-8-15(19)9-17(10-15)14(18)11(2)20-13-6-4-12(16)5-7-13/h4-7,11,19H,3,8-10H2,1-2H3. The summed E-state index contributed by atoms with van der Waals surface area (Å²) in [6.45, 7) is 4.53. The van der Waals surface area contributed by atoms with Crippen LogP contribution in [-0.2, 0) is 4.79 Å². The van der Waals surface area contributed by atoms with E-state index < -0.39 is 11.7 Å². The largest absolute Gasteiger partial charge is 0.481 e. The van der Waals surface area contributed by atoms with Crippen molar-refractivity contribution in [2.75, 3.05) is 13.1 Å². The number of benzene rings is 1. The monoisotopic (exact) mass is 297 g/mol. The van der Waals surface area contributed by atoms with Gasteiger partial charge in [0.2, 0.25) is 0 Å². The summed E-state index contributed by atoms with van der Waals surface area (Å²) in [4.78, 5) is 13.8. The fourth-order valence-electron chi connectivity index (χ4n) is 2.47. The summed E-state index contributed by atoms with van der Waals surface area (Å²) in [6.07, 6.45) is 1.07. The van der Waals surface area contributed by atoms with Crippen LogP contribution in [0.3, 0.4) is 0 Å².